The van der Waals surface area contributed by atoms with Crippen LogP contribution in [0.25, 0.3) is 0 Å². The lowest BCUT2D eigenvalue weighted by molar-refractivity contribution is 0.0697. The molecule has 1 amide bonds. The zero-order chi connectivity index (χ0) is 19.4. The van der Waals surface area contributed by atoms with Gasteiger partial charge in [0.2, 0.25) is 0 Å². The van der Waals surface area contributed by atoms with Crippen molar-refractivity contribution in [2.45, 2.75) is 13.8 Å². The molecule has 0 aliphatic rings. The molecular formula is C22H20N2O3. The summed E-state index contributed by atoms with van der Waals surface area (Å²) in [5.41, 5.74) is 6.95. The number of hydrogen-bond acceptors (Lipinski definition) is 3. The second-order valence-corrected chi connectivity index (χ2v) is 6.24. The number of hydrazine groups is 1. The number of carboxylic acid groups (broad SMARTS) is 1. The van der Waals surface area contributed by atoms with Crippen molar-refractivity contribution >= 4 is 23.3 Å². The number of aryl methyl sites for hydroxylation is 2. The van der Waals surface area contributed by atoms with E-state index in [9.17, 15) is 9.59 Å². The molecule has 2 N–H and O–H groups in total. The smallest absolute Gasteiger partial charge is 0.335 e. The van der Waals surface area contributed by atoms with Crippen molar-refractivity contribution in [1.29, 1.82) is 0 Å². The van der Waals surface area contributed by atoms with Gasteiger partial charge in [0.25, 0.3) is 5.91 Å². The lowest BCUT2D eigenvalue weighted by Gasteiger charge is -2.28. The minimum atomic E-state index is -1.07. The third-order valence-electron chi connectivity index (χ3n) is 4.30. The average Bonchev–Trinajstić information content (AvgIpc) is 2.67. The summed E-state index contributed by atoms with van der Waals surface area (Å²) in [5.74, 6) is -1.45. The van der Waals surface area contributed by atoms with E-state index in [1.165, 1.54) is 12.1 Å². The molecule has 0 aliphatic carbocycles. The molecular weight excluding hydrogens is 340 g/mol. The minimum Gasteiger partial charge on any atom is -0.478 e. The zero-order valence-electron chi connectivity index (χ0n) is 15.1. The van der Waals surface area contributed by atoms with Gasteiger partial charge in [0.1, 0.15) is 0 Å². The van der Waals surface area contributed by atoms with Crippen LogP contribution in [0.5, 0.6) is 0 Å². The fourth-order valence-corrected chi connectivity index (χ4v) is 2.84. The van der Waals surface area contributed by atoms with Gasteiger partial charge in [-0.2, -0.15) is 0 Å². The van der Waals surface area contributed by atoms with Crippen LogP contribution < -0.4 is 10.4 Å². The van der Waals surface area contributed by atoms with Gasteiger partial charge in [-0.25, -0.2) is 4.79 Å². The fraction of sp³-hybridized carbons (Fsp3) is 0.0909. The number of carbonyl (C=O) groups is 2. The van der Waals surface area contributed by atoms with Gasteiger partial charge < -0.3 is 5.11 Å². The molecule has 0 heterocycles. The first-order valence-electron chi connectivity index (χ1n) is 8.53. The van der Waals surface area contributed by atoms with Crippen molar-refractivity contribution < 1.29 is 14.7 Å². The molecule has 0 unspecified atom stereocenters. The van der Waals surface area contributed by atoms with E-state index in [1.54, 1.807) is 17.1 Å². The Labute approximate surface area is 157 Å². The van der Waals surface area contributed by atoms with Crippen LogP contribution in [-0.2, 0) is 0 Å². The largest absolute Gasteiger partial charge is 0.478 e. The summed E-state index contributed by atoms with van der Waals surface area (Å²) in [5, 5.41) is 10.9. The van der Waals surface area contributed by atoms with Gasteiger partial charge in [0.05, 0.1) is 16.9 Å². The molecule has 3 rings (SSSR count). The van der Waals surface area contributed by atoms with Gasteiger partial charge in [-0.1, -0.05) is 42.5 Å². The lowest BCUT2D eigenvalue weighted by Crippen LogP contribution is -2.39. The maximum absolute atomic E-state index is 12.9. The van der Waals surface area contributed by atoms with E-state index in [1.807, 2.05) is 62.4 Å². The van der Waals surface area contributed by atoms with Gasteiger partial charge >= 0.3 is 5.97 Å². The van der Waals surface area contributed by atoms with E-state index in [4.69, 9.17) is 5.11 Å². The van der Waals surface area contributed by atoms with Gasteiger partial charge in [-0.05, 0) is 55.3 Å². The van der Waals surface area contributed by atoms with Crippen LogP contribution >= 0.6 is 0 Å². The van der Waals surface area contributed by atoms with Crippen molar-refractivity contribution in [3.05, 3.63) is 95.1 Å². The fourth-order valence-electron chi connectivity index (χ4n) is 2.84. The predicted molar refractivity (Wildman–Crippen MR) is 105 cm³/mol. The Bertz CT molecular complexity index is 953. The molecule has 136 valence electrons. The molecule has 0 bridgehead atoms. The molecule has 0 fully saturated rings. The number of nitrogens with one attached hydrogen (secondary N) is 1. The SMILES string of the molecule is Cc1ccccc1N(NC(=O)c1cccc(C(=O)O)c1)c1ccccc1C. The molecule has 0 saturated heterocycles. The number of aromatic carboxylic acids is 1. The number of rotatable bonds is 5. The van der Waals surface area contributed by atoms with Crippen LogP contribution in [-0.4, -0.2) is 17.0 Å². The number of anilines is 2. The van der Waals surface area contributed by atoms with Crippen LogP contribution in [0, 0.1) is 13.8 Å². The highest BCUT2D eigenvalue weighted by molar-refractivity contribution is 5.98. The van der Waals surface area contributed by atoms with Crippen molar-refractivity contribution in [3.8, 4) is 0 Å². The van der Waals surface area contributed by atoms with Crippen LogP contribution in [0.15, 0.2) is 72.8 Å². The highest BCUT2D eigenvalue weighted by Gasteiger charge is 2.18. The standard InChI is InChI=1S/C22H20N2O3/c1-15-8-3-5-12-19(15)24(20-13-6-4-9-16(20)2)23-21(25)17-10-7-11-18(14-17)22(26)27/h3-14H,1-2H3,(H,23,25)(H,26,27). The summed E-state index contributed by atoms with van der Waals surface area (Å²) in [7, 11) is 0. The van der Waals surface area contributed by atoms with Gasteiger partial charge in [0, 0.05) is 5.56 Å². The quantitative estimate of drug-likeness (QED) is 0.658. The first-order chi connectivity index (χ1) is 13.0. The molecule has 0 aromatic heterocycles. The summed E-state index contributed by atoms with van der Waals surface area (Å²) in [6.07, 6.45) is 0. The summed E-state index contributed by atoms with van der Waals surface area (Å²) < 4.78 is 0. The molecule has 0 saturated carbocycles. The highest BCUT2D eigenvalue weighted by atomic mass is 16.4. The molecule has 3 aromatic carbocycles. The minimum absolute atomic E-state index is 0.0704. The Hall–Kier alpha value is -3.60. The normalized spacial score (nSPS) is 10.3. The molecule has 0 atom stereocenters. The topological polar surface area (TPSA) is 69.6 Å². The maximum atomic E-state index is 12.9. The Balaban J connectivity index is 2.01. The molecule has 0 spiro atoms. The molecule has 5 heteroatoms. The Morgan fingerprint density at radius 2 is 1.30 bits per heavy atom. The summed E-state index contributed by atoms with van der Waals surface area (Å²) >= 11 is 0. The molecule has 27 heavy (non-hydrogen) atoms. The second kappa shape index (κ2) is 7.74. The van der Waals surface area contributed by atoms with Crippen LogP contribution in [0.4, 0.5) is 11.4 Å². The number of carbonyl (C=O) groups excluding carboxylic acids is 1. The average molecular weight is 360 g/mol. The number of benzene rings is 3. The number of para-hydroxylation sites is 2. The number of carboxylic acids is 1. The third kappa shape index (κ3) is 3.98. The van der Waals surface area contributed by atoms with E-state index < -0.39 is 5.97 Å². The summed E-state index contributed by atoms with van der Waals surface area (Å²) in [4.78, 5) is 24.0. The Kier molecular flexibility index (Phi) is 5.22. The first-order valence-corrected chi connectivity index (χ1v) is 8.53. The van der Waals surface area contributed by atoms with Gasteiger partial charge in [0.15, 0.2) is 0 Å². The summed E-state index contributed by atoms with van der Waals surface area (Å²) in [6, 6.07) is 21.5. The van der Waals surface area contributed by atoms with Gasteiger partial charge in [-0.15, -0.1) is 0 Å². The van der Waals surface area contributed by atoms with Gasteiger partial charge in [-0.3, -0.25) is 15.2 Å². The summed E-state index contributed by atoms with van der Waals surface area (Å²) in [6.45, 7) is 3.94. The van der Waals surface area contributed by atoms with E-state index >= 15 is 0 Å². The van der Waals surface area contributed by atoms with Crippen molar-refractivity contribution in [1.82, 2.24) is 5.43 Å². The molecule has 5 nitrogen and oxygen atoms in total. The van der Waals surface area contributed by atoms with Crippen LogP contribution in [0.2, 0.25) is 0 Å². The van der Waals surface area contributed by atoms with E-state index in [2.05, 4.69) is 5.43 Å². The zero-order valence-corrected chi connectivity index (χ0v) is 15.1. The Morgan fingerprint density at radius 1 is 0.778 bits per heavy atom. The number of hydrogen-bond donors (Lipinski definition) is 2. The van der Waals surface area contributed by atoms with E-state index in [0.717, 1.165) is 22.5 Å². The van der Waals surface area contributed by atoms with Crippen molar-refractivity contribution in [2.75, 3.05) is 5.01 Å². The number of amides is 1. The second-order valence-electron chi connectivity index (χ2n) is 6.24. The Morgan fingerprint density at radius 3 is 1.81 bits per heavy atom. The van der Waals surface area contributed by atoms with E-state index in [0.29, 0.717) is 0 Å². The van der Waals surface area contributed by atoms with Crippen molar-refractivity contribution in [2.24, 2.45) is 0 Å². The highest BCUT2D eigenvalue weighted by Crippen LogP contribution is 2.29. The van der Waals surface area contributed by atoms with Crippen LogP contribution in [0.1, 0.15) is 31.8 Å². The molecule has 0 aliphatic heterocycles. The molecule has 3 aromatic rings. The third-order valence-corrected chi connectivity index (χ3v) is 4.30. The predicted octanol–water partition coefficient (Wildman–Crippen LogP) is 4.48. The number of nitrogens with zero attached hydrogens (tertiary/aromatic N) is 1. The lowest BCUT2D eigenvalue weighted by atomic mass is 10.1. The first kappa shape index (κ1) is 18.2. The maximum Gasteiger partial charge on any atom is 0.335 e. The monoisotopic (exact) mass is 360 g/mol. The molecule has 0 radical (unpaired) electrons. The van der Waals surface area contributed by atoms with E-state index in [-0.39, 0.29) is 17.0 Å². The van der Waals surface area contributed by atoms with Crippen molar-refractivity contribution in [3.63, 3.8) is 0 Å². The van der Waals surface area contributed by atoms with Crippen LogP contribution in [0.3, 0.4) is 0 Å².